The van der Waals surface area contributed by atoms with E-state index in [9.17, 15) is 4.21 Å². The Kier molecular flexibility index (Phi) is 4.27. The topological polar surface area (TPSA) is 46.1 Å². The lowest BCUT2D eigenvalue weighted by atomic mass is 10.2. The second-order valence-corrected chi connectivity index (χ2v) is 5.89. The van der Waals surface area contributed by atoms with E-state index in [4.69, 9.17) is 0 Å². The maximum Gasteiger partial charge on any atom is 0.225 e. The summed E-state index contributed by atoms with van der Waals surface area (Å²) in [4.78, 5) is 11.4. The van der Waals surface area contributed by atoms with Gasteiger partial charge >= 0.3 is 0 Å². The van der Waals surface area contributed by atoms with Gasteiger partial charge in [0, 0.05) is 47.9 Å². The average Bonchev–Trinajstić information content (AvgIpc) is 2.40. The van der Waals surface area contributed by atoms with Gasteiger partial charge in [-0.2, -0.15) is 0 Å². The Bertz CT molecular complexity index is 566. The van der Waals surface area contributed by atoms with E-state index in [1.165, 1.54) is 0 Å². The van der Waals surface area contributed by atoms with E-state index in [0.29, 0.717) is 5.95 Å². The quantitative estimate of drug-likeness (QED) is 0.858. The number of hydrogen-bond acceptors (Lipinski definition) is 4. The fourth-order valence-electron chi connectivity index (χ4n) is 1.71. The van der Waals surface area contributed by atoms with Crippen LogP contribution in [0.1, 0.15) is 11.1 Å². The number of anilines is 1. The highest BCUT2D eigenvalue weighted by atomic mass is 32.2. The molecule has 5 heteroatoms. The lowest BCUT2D eigenvalue weighted by Gasteiger charge is -2.17. The summed E-state index contributed by atoms with van der Waals surface area (Å²) in [6.07, 6.45) is 5.30. The van der Waals surface area contributed by atoms with Crippen molar-refractivity contribution in [1.29, 1.82) is 0 Å². The second-order valence-electron chi connectivity index (χ2n) is 4.51. The zero-order chi connectivity index (χ0) is 13.8. The minimum atomic E-state index is -0.927. The second kappa shape index (κ2) is 5.93. The molecule has 0 bridgehead atoms. The van der Waals surface area contributed by atoms with Gasteiger partial charge in [-0.1, -0.05) is 12.1 Å². The maximum atomic E-state index is 11.3. The summed E-state index contributed by atoms with van der Waals surface area (Å²) in [5, 5.41) is 0. The molecule has 0 fully saturated rings. The van der Waals surface area contributed by atoms with Crippen LogP contribution in [0, 0.1) is 6.92 Å². The molecule has 0 aliphatic heterocycles. The van der Waals surface area contributed by atoms with Crippen LogP contribution >= 0.6 is 0 Å². The smallest absolute Gasteiger partial charge is 0.225 e. The molecule has 0 spiro atoms. The first-order chi connectivity index (χ1) is 9.06. The van der Waals surface area contributed by atoms with Crippen molar-refractivity contribution in [2.75, 3.05) is 18.2 Å². The molecule has 0 saturated heterocycles. The zero-order valence-electron chi connectivity index (χ0n) is 11.3. The molecule has 19 heavy (non-hydrogen) atoms. The Hall–Kier alpha value is -1.75. The molecule has 1 aromatic carbocycles. The Morgan fingerprint density at radius 3 is 2.26 bits per heavy atom. The van der Waals surface area contributed by atoms with E-state index in [2.05, 4.69) is 9.97 Å². The molecule has 4 nitrogen and oxygen atoms in total. The molecule has 1 heterocycles. The van der Waals surface area contributed by atoms with Gasteiger partial charge in [0.05, 0.1) is 0 Å². The van der Waals surface area contributed by atoms with Crippen LogP contribution < -0.4 is 4.90 Å². The molecule has 0 aliphatic carbocycles. The van der Waals surface area contributed by atoms with Gasteiger partial charge in [-0.25, -0.2) is 9.97 Å². The van der Waals surface area contributed by atoms with Gasteiger partial charge in [0.25, 0.3) is 0 Å². The summed E-state index contributed by atoms with van der Waals surface area (Å²) >= 11 is 0. The Morgan fingerprint density at radius 2 is 1.74 bits per heavy atom. The standard InChI is InChI=1S/C14H17N3OS/c1-11-8-15-14(16-9-11)17(2)10-12-4-6-13(7-5-12)19(3)18/h4-9H,10H2,1-3H3. The van der Waals surface area contributed by atoms with Gasteiger partial charge in [-0.3, -0.25) is 4.21 Å². The third kappa shape index (κ3) is 3.61. The molecule has 1 aromatic heterocycles. The van der Waals surface area contributed by atoms with Crippen LogP contribution in [0.3, 0.4) is 0 Å². The van der Waals surface area contributed by atoms with Crippen molar-refractivity contribution in [1.82, 2.24) is 9.97 Å². The van der Waals surface area contributed by atoms with Crippen molar-refractivity contribution in [2.45, 2.75) is 18.4 Å². The molecule has 0 aliphatic rings. The van der Waals surface area contributed by atoms with Crippen molar-refractivity contribution in [2.24, 2.45) is 0 Å². The Morgan fingerprint density at radius 1 is 1.16 bits per heavy atom. The summed E-state index contributed by atoms with van der Waals surface area (Å²) in [7, 11) is 1.03. The molecular formula is C14H17N3OS. The summed E-state index contributed by atoms with van der Waals surface area (Å²) < 4.78 is 11.3. The van der Waals surface area contributed by atoms with Gasteiger partial charge in [0.1, 0.15) is 0 Å². The van der Waals surface area contributed by atoms with Crippen molar-refractivity contribution in [3.05, 3.63) is 47.8 Å². The molecular weight excluding hydrogens is 258 g/mol. The van der Waals surface area contributed by atoms with E-state index in [0.717, 1.165) is 22.6 Å². The summed E-state index contributed by atoms with van der Waals surface area (Å²) in [5.41, 5.74) is 2.19. The van der Waals surface area contributed by atoms with Crippen LogP contribution in [0.25, 0.3) is 0 Å². The van der Waals surface area contributed by atoms with Crippen LogP contribution in [0.5, 0.6) is 0 Å². The predicted molar refractivity (Wildman–Crippen MR) is 77.7 cm³/mol. The maximum absolute atomic E-state index is 11.3. The first kappa shape index (κ1) is 13.7. The number of aromatic nitrogens is 2. The first-order valence-corrected chi connectivity index (χ1v) is 7.54. The summed E-state index contributed by atoms with van der Waals surface area (Å²) in [5.74, 6) is 0.703. The van der Waals surface area contributed by atoms with Crippen LogP contribution in [-0.2, 0) is 17.3 Å². The third-order valence-corrected chi connectivity index (χ3v) is 3.72. The van der Waals surface area contributed by atoms with Gasteiger partial charge in [-0.05, 0) is 30.2 Å². The monoisotopic (exact) mass is 275 g/mol. The normalized spacial score (nSPS) is 12.2. The van der Waals surface area contributed by atoms with Crippen molar-refractivity contribution in [3.63, 3.8) is 0 Å². The molecule has 1 unspecified atom stereocenters. The molecule has 100 valence electrons. The SMILES string of the molecule is Cc1cnc(N(C)Cc2ccc(S(C)=O)cc2)nc1. The highest BCUT2D eigenvalue weighted by Gasteiger charge is 2.05. The predicted octanol–water partition coefficient (Wildman–Crippen LogP) is 2.16. The van der Waals surface area contributed by atoms with Gasteiger partial charge in [0.2, 0.25) is 5.95 Å². The molecule has 0 saturated carbocycles. The number of aryl methyl sites for hydroxylation is 1. The van der Waals surface area contributed by atoms with Crippen molar-refractivity contribution in [3.8, 4) is 0 Å². The lowest BCUT2D eigenvalue weighted by Crippen LogP contribution is -2.18. The van der Waals surface area contributed by atoms with E-state index >= 15 is 0 Å². The summed E-state index contributed by atoms with van der Waals surface area (Å²) in [6.45, 7) is 2.69. The minimum absolute atomic E-state index is 0.703. The Balaban J connectivity index is 2.08. The number of benzene rings is 1. The van der Waals surface area contributed by atoms with Crippen molar-refractivity contribution < 1.29 is 4.21 Å². The number of nitrogens with zero attached hydrogens (tertiary/aromatic N) is 3. The largest absolute Gasteiger partial charge is 0.340 e. The lowest BCUT2D eigenvalue weighted by molar-refractivity contribution is 0.686. The van der Waals surface area contributed by atoms with Gasteiger partial charge in [0.15, 0.2) is 0 Å². The fraction of sp³-hybridized carbons (Fsp3) is 0.286. The van der Waals surface area contributed by atoms with Crippen LogP contribution in [0.4, 0.5) is 5.95 Å². The van der Waals surface area contributed by atoms with Gasteiger partial charge in [-0.15, -0.1) is 0 Å². The van der Waals surface area contributed by atoms with E-state index in [-0.39, 0.29) is 0 Å². The van der Waals surface area contributed by atoms with Gasteiger partial charge < -0.3 is 4.90 Å². The average molecular weight is 275 g/mol. The molecule has 0 amide bonds. The highest BCUT2D eigenvalue weighted by molar-refractivity contribution is 7.84. The number of rotatable bonds is 4. The zero-order valence-corrected chi connectivity index (χ0v) is 12.1. The number of hydrogen-bond donors (Lipinski definition) is 0. The fourth-order valence-corrected chi connectivity index (χ4v) is 2.23. The molecule has 2 aromatic rings. The minimum Gasteiger partial charge on any atom is -0.340 e. The van der Waals surface area contributed by atoms with Crippen LogP contribution in [0.15, 0.2) is 41.6 Å². The third-order valence-electron chi connectivity index (χ3n) is 2.78. The first-order valence-electron chi connectivity index (χ1n) is 5.98. The molecule has 2 rings (SSSR count). The highest BCUT2D eigenvalue weighted by Crippen LogP contribution is 2.12. The van der Waals surface area contributed by atoms with E-state index in [1.54, 1.807) is 6.26 Å². The Labute approximate surface area is 116 Å². The molecule has 0 radical (unpaired) electrons. The van der Waals surface area contributed by atoms with Crippen LogP contribution in [0.2, 0.25) is 0 Å². The van der Waals surface area contributed by atoms with E-state index in [1.807, 2.05) is 55.5 Å². The van der Waals surface area contributed by atoms with Crippen molar-refractivity contribution >= 4 is 16.7 Å². The van der Waals surface area contributed by atoms with Crippen LogP contribution in [-0.4, -0.2) is 27.5 Å². The molecule has 0 N–H and O–H groups in total. The summed E-state index contributed by atoms with van der Waals surface area (Å²) in [6, 6.07) is 7.77. The molecule has 1 atom stereocenters. The van der Waals surface area contributed by atoms with E-state index < -0.39 is 10.8 Å².